The normalized spacial score (nSPS) is 33.5. The second-order valence-electron chi connectivity index (χ2n) is 2.31. The Hall–Kier alpha value is -0.0600. The van der Waals surface area contributed by atoms with Crippen LogP contribution in [0.25, 0.3) is 0 Å². The minimum absolute atomic E-state index is 0.445. The highest BCUT2D eigenvalue weighted by molar-refractivity contribution is 7.87. The molecule has 0 aromatic rings. The van der Waals surface area contributed by atoms with Crippen molar-refractivity contribution in [2.24, 2.45) is 0 Å². The molecule has 0 radical (unpaired) electrons. The lowest BCUT2D eigenvalue weighted by Gasteiger charge is -2.25. The van der Waals surface area contributed by atoms with Crippen LogP contribution in [0.3, 0.4) is 0 Å². The Labute approximate surface area is 59.1 Å². The Balaban J connectivity index is 2.32. The van der Waals surface area contributed by atoms with Crippen LogP contribution in [0.5, 0.6) is 0 Å². The highest BCUT2D eigenvalue weighted by atomic mass is 32.2. The standard InChI is InChI=1S/C5H7F3OS/c6-5(7,8)3-4-1-2-10(4)9/h4H,1-3H2. The third-order valence-corrected chi connectivity index (χ3v) is 3.26. The third kappa shape index (κ3) is 1.97. The second kappa shape index (κ2) is 2.53. The van der Waals surface area contributed by atoms with Crippen LogP contribution < -0.4 is 0 Å². The molecule has 60 valence electrons. The van der Waals surface area contributed by atoms with Crippen molar-refractivity contribution in [3.8, 4) is 0 Å². The molecule has 0 saturated carbocycles. The summed E-state index contributed by atoms with van der Waals surface area (Å²) in [4.78, 5) is 0. The summed E-state index contributed by atoms with van der Waals surface area (Å²) in [6, 6.07) is 0. The molecule has 1 aliphatic rings. The van der Waals surface area contributed by atoms with Crippen LogP contribution in [0.1, 0.15) is 12.8 Å². The van der Waals surface area contributed by atoms with Gasteiger partial charge in [-0.25, -0.2) is 0 Å². The molecule has 0 N–H and O–H groups in total. The number of rotatable bonds is 1. The van der Waals surface area contributed by atoms with Gasteiger partial charge in [0.15, 0.2) is 0 Å². The fourth-order valence-electron chi connectivity index (χ4n) is 0.834. The van der Waals surface area contributed by atoms with Crippen molar-refractivity contribution in [1.29, 1.82) is 0 Å². The van der Waals surface area contributed by atoms with Crippen LogP contribution >= 0.6 is 0 Å². The molecule has 0 aromatic heterocycles. The Bertz CT molecular complexity index is 153. The second-order valence-corrected chi connectivity index (χ2v) is 4.15. The number of hydrogen-bond acceptors (Lipinski definition) is 1. The van der Waals surface area contributed by atoms with E-state index in [-0.39, 0.29) is 0 Å². The lowest BCUT2D eigenvalue weighted by Crippen LogP contribution is -2.34. The molecule has 0 aliphatic carbocycles. The highest BCUT2D eigenvalue weighted by Gasteiger charge is 2.38. The molecule has 1 aliphatic heterocycles. The van der Waals surface area contributed by atoms with Gasteiger partial charge in [0.2, 0.25) is 0 Å². The Kier molecular flexibility index (Phi) is 2.03. The average molecular weight is 172 g/mol. The van der Waals surface area contributed by atoms with E-state index in [9.17, 15) is 17.4 Å². The molecule has 1 fully saturated rings. The summed E-state index contributed by atoms with van der Waals surface area (Å²) in [5.41, 5.74) is 0. The van der Waals surface area contributed by atoms with E-state index in [4.69, 9.17) is 0 Å². The molecule has 2 atom stereocenters. The van der Waals surface area contributed by atoms with E-state index in [0.29, 0.717) is 12.2 Å². The molecule has 0 aromatic carbocycles. The molecule has 0 bridgehead atoms. The van der Waals surface area contributed by atoms with Crippen LogP contribution in [0, 0.1) is 0 Å². The minimum atomic E-state index is -4.14. The summed E-state index contributed by atoms with van der Waals surface area (Å²) in [6.45, 7) is 0. The van der Waals surface area contributed by atoms with E-state index in [0.717, 1.165) is 0 Å². The van der Waals surface area contributed by atoms with Gasteiger partial charge in [0.25, 0.3) is 0 Å². The Morgan fingerprint density at radius 1 is 1.50 bits per heavy atom. The zero-order chi connectivity index (χ0) is 7.78. The zero-order valence-corrected chi connectivity index (χ0v) is 5.97. The first kappa shape index (κ1) is 8.04. The van der Waals surface area contributed by atoms with E-state index in [1.807, 2.05) is 0 Å². The van der Waals surface area contributed by atoms with E-state index >= 15 is 0 Å². The highest BCUT2D eigenvalue weighted by Crippen LogP contribution is 2.29. The summed E-state index contributed by atoms with van der Waals surface area (Å²) in [6.07, 6.45) is -4.55. The molecule has 1 nitrogen and oxygen atoms in total. The van der Waals surface area contributed by atoms with Gasteiger partial charge < -0.3 is 0 Å². The predicted octanol–water partition coefficient (Wildman–Crippen LogP) is 1.46. The van der Waals surface area contributed by atoms with Gasteiger partial charge in [0.05, 0.1) is 6.42 Å². The largest absolute Gasteiger partial charge is 0.390 e. The van der Waals surface area contributed by atoms with Crippen LogP contribution in [-0.2, 0) is 10.8 Å². The molecule has 2 unspecified atom stereocenters. The van der Waals surface area contributed by atoms with Crippen molar-refractivity contribution in [2.45, 2.75) is 24.3 Å². The van der Waals surface area contributed by atoms with Crippen LogP contribution in [0.2, 0.25) is 0 Å². The van der Waals surface area contributed by atoms with Crippen molar-refractivity contribution in [2.75, 3.05) is 5.75 Å². The third-order valence-electron chi connectivity index (χ3n) is 1.47. The molecular weight excluding hydrogens is 165 g/mol. The fraction of sp³-hybridized carbons (Fsp3) is 1.00. The SMILES string of the molecule is O=S1CCC1CC(F)(F)F. The maximum absolute atomic E-state index is 11.6. The summed E-state index contributed by atoms with van der Waals surface area (Å²) >= 11 is 0. The lowest BCUT2D eigenvalue weighted by molar-refractivity contribution is -0.135. The van der Waals surface area contributed by atoms with Crippen LogP contribution in [0.15, 0.2) is 0 Å². The number of alkyl halides is 3. The van der Waals surface area contributed by atoms with Crippen molar-refractivity contribution < 1.29 is 17.4 Å². The maximum Gasteiger partial charge on any atom is 0.390 e. The van der Waals surface area contributed by atoms with Crippen LogP contribution in [-0.4, -0.2) is 21.4 Å². The molecule has 10 heavy (non-hydrogen) atoms. The van der Waals surface area contributed by atoms with Crippen molar-refractivity contribution in [3.63, 3.8) is 0 Å². The molecule has 0 amide bonds. The lowest BCUT2D eigenvalue weighted by atomic mass is 10.2. The Morgan fingerprint density at radius 3 is 2.20 bits per heavy atom. The first-order valence-corrected chi connectivity index (χ1v) is 4.31. The van der Waals surface area contributed by atoms with E-state index < -0.39 is 28.6 Å². The first-order chi connectivity index (χ1) is 4.49. The Morgan fingerprint density at radius 2 is 2.10 bits per heavy atom. The van der Waals surface area contributed by atoms with Crippen molar-refractivity contribution in [1.82, 2.24) is 0 Å². The van der Waals surface area contributed by atoms with Gasteiger partial charge in [-0.3, -0.25) is 4.21 Å². The molecule has 1 heterocycles. The molecule has 1 rings (SSSR count). The van der Waals surface area contributed by atoms with Gasteiger partial charge in [-0.1, -0.05) is 0 Å². The van der Waals surface area contributed by atoms with Crippen LogP contribution in [0.4, 0.5) is 13.2 Å². The smallest absolute Gasteiger partial charge is 0.259 e. The van der Waals surface area contributed by atoms with E-state index in [1.54, 1.807) is 0 Å². The summed E-state index contributed by atoms with van der Waals surface area (Å²) < 4.78 is 45.2. The quantitative estimate of drug-likeness (QED) is 0.585. The molecular formula is C5H7F3OS. The fourth-order valence-corrected chi connectivity index (χ4v) is 1.97. The van der Waals surface area contributed by atoms with E-state index in [1.165, 1.54) is 0 Å². The average Bonchev–Trinajstić information content (AvgIpc) is 1.78. The molecule has 5 heteroatoms. The molecule has 0 spiro atoms. The molecule has 1 saturated heterocycles. The van der Waals surface area contributed by atoms with Gasteiger partial charge in [-0.2, -0.15) is 13.2 Å². The first-order valence-electron chi connectivity index (χ1n) is 2.93. The van der Waals surface area contributed by atoms with Gasteiger partial charge in [0, 0.05) is 21.8 Å². The zero-order valence-electron chi connectivity index (χ0n) is 5.15. The van der Waals surface area contributed by atoms with Gasteiger partial charge in [-0.15, -0.1) is 0 Å². The monoisotopic (exact) mass is 172 g/mol. The summed E-state index contributed by atoms with van der Waals surface area (Å²) in [5.74, 6) is 0.445. The van der Waals surface area contributed by atoms with Crippen molar-refractivity contribution in [3.05, 3.63) is 0 Å². The van der Waals surface area contributed by atoms with Gasteiger partial charge >= 0.3 is 6.18 Å². The summed E-state index contributed by atoms with van der Waals surface area (Å²) in [5, 5.41) is -0.611. The minimum Gasteiger partial charge on any atom is -0.259 e. The summed E-state index contributed by atoms with van der Waals surface area (Å²) in [7, 11) is -1.20. The van der Waals surface area contributed by atoms with Gasteiger partial charge in [0.1, 0.15) is 0 Å². The number of halogens is 3. The van der Waals surface area contributed by atoms with Gasteiger partial charge in [-0.05, 0) is 6.42 Å². The predicted molar refractivity (Wildman–Crippen MR) is 32.1 cm³/mol. The number of hydrogen-bond donors (Lipinski definition) is 0. The van der Waals surface area contributed by atoms with Crippen molar-refractivity contribution >= 4 is 10.8 Å². The van der Waals surface area contributed by atoms with E-state index in [2.05, 4.69) is 0 Å². The topological polar surface area (TPSA) is 17.1 Å². The maximum atomic E-state index is 11.6.